The Morgan fingerprint density at radius 1 is 1.33 bits per heavy atom. The van der Waals surface area contributed by atoms with Gasteiger partial charge in [0.05, 0.1) is 13.3 Å². The molecule has 0 atom stereocenters. The summed E-state index contributed by atoms with van der Waals surface area (Å²) in [7, 11) is 1.60. The minimum Gasteiger partial charge on any atom is -0.497 e. The second-order valence-electron chi connectivity index (χ2n) is 3.76. The van der Waals surface area contributed by atoms with E-state index >= 15 is 0 Å². The quantitative estimate of drug-likeness (QED) is 0.678. The lowest BCUT2D eigenvalue weighted by molar-refractivity contribution is 0.103. The summed E-state index contributed by atoms with van der Waals surface area (Å²) in [5.74, 6) is 0.698. The molecule has 0 unspecified atom stereocenters. The van der Waals surface area contributed by atoms with Gasteiger partial charge in [-0.2, -0.15) is 0 Å². The highest BCUT2D eigenvalue weighted by Gasteiger charge is 2.14. The number of imidazole rings is 1. The molecule has 0 aliphatic rings. The van der Waals surface area contributed by atoms with E-state index in [1.807, 2.05) is 11.6 Å². The molecule has 0 aliphatic carbocycles. The van der Waals surface area contributed by atoms with Gasteiger partial charge in [0.1, 0.15) is 11.4 Å². The van der Waals surface area contributed by atoms with Crippen LogP contribution >= 0.6 is 11.3 Å². The minimum absolute atomic E-state index is 0.0384. The number of carbonyl (C=O) groups is 1. The van der Waals surface area contributed by atoms with Crippen LogP contribution in [0.3, 0.4) is 0 Å². The lowest BCUT2D eigenvalue weighted by Gasteiger charge is -2.02. The van der Waals surface area contributed by atoms with E-state index in [4.69, 9.17) is 4.74 Å². The van der Waals surface area contributed by atoms with Crippen LogP contribution in [0.1, 0.15) is 16.1 Å². The van der Waals surface area contributed by atoms with Crippen molar-refractivity contribution >= 4 is 22.1 Å². The van der Waals surface area contributed by atoms with E-state index in [9.17, 15) is 4.79 Å². The van der Waals surface area contributed by atoms with Crippen LogP contribution in [0, 0.1) is 0 Å². The van der Waals surface area contributed by atoms with E-state index in [2.05, 4.69) is 4.98 Å². The van der Waals surface area contributed by atoms with Crippen molar-refractivity contribution in [3.63, 3.8) is 0 Å². The molecule has 2 aromatic heterocycles. The fourth-order valence-corrected chi connectivity index (χ4v) is 2.48. The first-order chi connectivity index (χ1) is 8.79. The van der Waals surface area contributed by atoms with Crippen molar-refractivity contribution in [3.05, 3.63) is 53.3 Å². The fraction of sp³-hybridized carbons (Fsp3) is 0.0769. The van der Waals surface area contributed by atoms with Crippen LogP contribution < -0.4 is 4.74 Å². The maximum absolute atomic E-state index is 12.3. The van der Waals surface area contributed by atoms with Gasteiger partial charge in [0.15, 0.2) is 4.96 Å². The second kappa shape index (κ2) is 4.27. The van der Waals surface area contributed by atoms with Crippen molar-refractivity contribution in [1.29, 1.82) is 0 Å². The molecular formula is C13H10N2O2S. The Labute approximate surface area is 107 Å². The molecule has 0 bridgehead atoms. The lowest BCUT2D eigenvalue weighted by atomic mass is 10.1. The number of methoxy groups -OCH3 is 1. The maximum atomic E-state index is 12.3. The van der Waals surface area contributed by atoms with Gasteiger partial charge in [-0.25, -0.2) is 4.98 Å². The third kappa shape index (κ3) is 1.69. The Bertz CT molecular complexity index is 697. The molecule has 2 heterocycles. The summed E-state index contributed by atoms with van der Waals surface area (Å²) >= 11 is 1.51. The van der Waals surface area contributed by atoms with Gasteiger partial charge in [-0.15, -0.1) is 11.3 Å². The van der Waals surface area contributed by atoms with Gasteiger partial charge in [-0.1, -0.05) is 0 Å². The van der Waals surface area contributed by atoms with Crippen molar-refractivity contribution in [1.82, 2.24) is 9.38 Å². The monoisotopic (exact) mass is 258 g/mol. The summed E-state index contributed by atoms with van der Waals surface area (Å²) < 4.78 is 6.87. The minimum atomic E-state index is -0.0384. The third-order valence-corrected chi connectivity index (χ3v) is 3.50. The zero-order chi connectivity index (χ0) is 12.5. The summed E-state index contributed by atoms with van der Waals surface area (Å²) in [6.07, 6.45) is 3.46. The van der Waals surface area contributed by atoms with Crippen molar-refractivity contribution in [3.8, 4) is 5.75 Å². The summed E-state index contributed by atoms with van der Waals surface area (Å²) in [4.78, 5) is 17.3. The maximum Gasteiger partial charge on any atom is 0.211 e. The molecule has 5 heteroatoms. The Balaban J connectivity index is 2.01. The molecule has 1 aromatic carbocycles. The first-order valence-electron chi connectivity index (χ1n) is 5.39. The first-order valence-corrected chi connectivity index (χ1v) is 6.27. The Kier molecular flexibility index (Phi) is 2.60. The zero-order valence-electron chi connectivity index (χ0n) is 9.66. The van der Waals surface area contributed by atoms with E-state index in [1.165, 1.54) is 11.3 Å². The Hall–Kier alpha value is -2.14. The predicted molar refractivity (Wildman–Crippen MR) is 69.5 cm³/mol. The van der Waals surface area contributed by atoms with Crippen LogP contribution in [0.2, 0.25) is 0 Å². The molecule has 0 aliphatic heterocycles. The van der Waals surface area contributed by atoms with E-state index in [-0.39, 0.29) is 5.78 Å². The average Bonchev–Trinajstić information content (AvgIpc) is 3.00. The SMILES string of the molecule is COc1ccc(C(=O)c2cnc3sccn23)cc1. The van der Waals surface area contributed by atoms with Gasteiger partial charge < -0.3 is 4.74 Å². The first kappa shape index (κ1) is 11.0. The summed E-state index contributed by atoms with van der Waals surface area (Å²) in [5, 5.41) is 1.91. The fourth-order valence-electron chi connectivity index (χ4n) is 1.79. The Morgan fingerprint density at radius 2 is 2.11 bits per heavy atom. The van der Waals surface area contributed by atoms with Crippen molar-refractivity contribution in [2.24, 2.45) is 0 Å². The van der Waals surface area contributed by atoms with E-state index < -0.39 is 0 Å². The van der Waals surface area contributed by atoms with Crippen LogP contribution in [-0.2, 0) is 0 Å². The van der Waals surface area contributed by atoms with Crippen molar-refractivity contribution < 1.29 is 9.53 Å². The topological polar surface area (TPSA) is 43.6 Å². The number of fused-ring (bicyclic) bond motifs is 1. The van der Waals surface area contributed by atoms with Gasteiger partial charge in [-0.05, 0) is 24.3 Å². The largest absolute Gasteiger partial charge is 0.497 e. The van der Waals surface area contributed by atoms with Gasteiger partial charge in [0, 0.05) is 17.1 Å². The Morgan fingerprint density at radius 3 is 2.83 bits per heavy atom. The molecule has 0 radical (unpaired) electrons. The van der Waals surface area contributed by atoms with Gasteiger partial charge in [0.25, 0.3) is 0 Å². The van der Waals surface area contributed by atoms with Gasteiger partial charge in [-0.3, -0.25) is 9.20 Å². The number of rotatable bonds is 3. The molecule has 3 rings (SSSR count). The molecule has 0 amide bonds. The molecule has 4 nitrogen and oxygen atoms in total. The van der Waals surface area contributed by atoms with Gasteiger partial charge >= 0.3 is 0 Å². The zero-order valence-corrected chi connectivity index (χ0v) is 10.5. The van der Waals surface area contributed by atoms with Crippen LogP contribution in [0.5, 0.6) is 5.75 Å². The molecule has 0 saturated carbocycles. The van der Waals surface area contributed by atoms with Crippen LogP contribution in [-0.4, -0.2) is 22.3 Å². The average molecular weight is 258 g/mol. The number of nitrogens with zero attached hydrogens (tertiary/aromatic N) is 2. The number of ether oxygens (including phenoxy) is 1. The van der Waals surface area contributed by atoms with Crippen LogP contribution in [0.4, 0.5) is 0 Å². The summed E-state index contributed by atoms with van der Waals surface area (Å²) in [5.41, 5.74) is 1.21. The third-order valence-electron chi connectivity index (χ3n) is 2.73. The highest BCUT2D eigenvalue weighted by atomic mass is 32.1. The number of hydrogen-bond donors (Lipinski definition) is 0. The van der Waals surface area contributed by atoms with Crippen LogP contribution in [0.15, 0.2) is 42.0 Å². The summed E-state index contributed by atoms with van der Waals surface area (Å²) in [6, 6.07) is 7.07. The number of ketones is 1. The number of carbonyl (C=O) groups excluding carboxylic acids is 1. The van der Waals surface area contributed by atoms with Crippen LogP contribution in [0.25, 0.3) is 4.96 Å². The second-order valence-corrected chi connectivity index (χ2v) is 4.63. The lowest BCUT2D eigenvalue weighted by Crippen LogP contribution is -2.04. The molecular weight excluding hydrogens is 248 g/mol. The molecule has 3 aromatic rings. The standard InChI is InChI=1S/C13H10N2O2S/c1-17-10-4-2-9(3-5-10)12(16)11-8-14-13-15(11)6-7-18-13/h2-8H,1H3. The number of thiazole rings is 1. The number of aromatic nitrogens is 2. The van der Waals surface area contributed by atoms with E-state index in [1.54, 1.807) is 42.0 Å². The molecule has 18 heavy (non-hydrogen) atoms. The molecule has 0 saturated heterocycles. The summed E-state index contributed by atoms with van der Waals surface area (Å²) in [6.45, 7) is 0. The number of benzene rings is 1. The number of hydrogen-bond acceptors (Lipinski definition) is 4. The van der Waals surface area contributed by atoms with Gasteiger partial charge in [0.2, 0.25) is 5.78 Å². The highest BCUT2D eigenvalue weighted by Crippen LogP contribution is 2.18. The highest BCUT2D eigenvalue weighted by molar-refractivity contribution is 7.15. The molecule has 0 fully saturated rings. The predicted octanol–water partition coefficient (Wildman–Crippen LogP) is 2.64. The molecule has 90 valence electrons. The normalized spacial score (nSPS) is 10.7. The van der Waals surface area contributed by atoms with E-state index in [0.29, 0.717) is 11.3 Å². The van der Waals surface area contributed by atoms with Crippen molar-refractivity contribution in [2.75, 3.05) is 7.11 Å². The van der Waals surface area contributed by atoms with E-state index in [0.717, 1.165) is 10.7 Å². The van der Waals surface area contributed by atoms with Crippen molar-refractivity contribution in [2.45, 2.75) is 0 Å². The smallest absolute Gasteiger partial charge is 0.211 e. The molecule has 0 N–H and O–H groups in total. The molecule has 0 spiro atoms.